The first-order valence-electron chi connectivity index (χ1n) is 9.05. The highest BCUT2D eigenvalue weighted by Crippen LogP contribution is 2.36. The molecule has 1 aromatic rings. The normalized spacial score (nSPS) is 25.4. The number of amides is 2. The Morgan fingerprint density at radius 1 is 1.04 bits per heavy atom. The summed E-state index contributed by atoms with van der Waals surface area (Å²) in [6.45, 7) is 0.520. The van der Waals surface area contributed by atoms with E-state index in [0.29, 0.717) is 25.8 Å². The number of hydrogen-bond donors (Lipinski definition) is 1. The van der Waals surface area contributed by atoms with Gasteiger partial charge in [0, 0.05) is 24.1 Å². The zero-order chi connectivity index (χ0) is 19.6. The van der Waals surface area contributed by atoms with Crippen LogP contribution in [0, 0.1) is 11.8 Å². The number of hydrogen-bond acceptors (Lipinski definition) is 3. The fraction of sp³-hybridized carbons (Fsp3) is 0.526. The number of carbonyl (C=O) groups is 3. The van der Waals surface area contributed by atoms with Gasteiger partial charge in [0.25, 0.3) is 0 Å². The number of likely N-dealkylation sites (tertiary alicyclic amines) is 1. The van der Waals surface area contributed by atoms with Crippen molar-refractivity contribution in [2.45, 2.75) is 44.3 Å². The highest BCUT2D eigenvalue weighted by atomic mass is 19.4. The van der Waals surface area contributed by atoms with Crippen molar-refractivity contribution in [2.24, 2.45) is 11.8 Å². The van der Waals surface area contributed by atoms with Crippen molar-refractivity contribution in [1.82, 2.24) is 4.90 Å². The second-order valence-corrected chi connectivity index (χ2v) is 7.09. The monoisotopic (exact) mass is 382 g/mol. The van der Waals surface area contributed by atoms with Crippen LogP contribution >= 0.6 is 0 Å². The van der Waals surface area contributed by atoms with E-state index >= 15 is 0 Å². The van der Waals surface area contributed by atoms with E-state index in [-0.39, 0.29) is 17.5 Å². The number of nitrogens with one attached hydrogen (secondary N) is 1. The summed E-state index contributed by atoms with van der Waals surface area (Å²) in [5.41, 5.74) is -0.526. The summed E-state index contributed by atoms with van der Waals surface area (Å²) in [5.74, 6) is -1.56. The van der Waals surface area contributed by atoms with Gasteiger partial charge in [-0.05, 0) is 49.9 Å². The van der Waals surface area contributed by atoms with Crippen LogP contribution in [0.5, 0.6) is 0 Å². The quantitative estimate of drug-likeness (QED) is 0.813. The predicted octanol–water partition coefficient (Wildman–Crippen LogP) is 3.25. The van der Waals surface area contributed by atoms with Gasteiger partial charge in [-0.1, -0.05) is 6.42 Å². The molecule has 2 fully saturated rings. The summed E-state index contributed by atoms with van der Waals surface area (Å²) in [7, 11) is 0. The van der Waals surface area contributed by atoms with Gasteiger partial charge in [0.15, 0.2) is 0 Å². The van der Waals surface area contributed by atoms with Gasteiger partial charge in [0.2, 0.25) is 11.8 Å². The SMILES string of the molecule is O=C[C@@H]1CCCN1C(=O)C1CCCC1C(=O)Nc1ccc(C(F)(F)F)cc1. The number of rotatable bonds is 4. The molecule has 2 unspecified atom stereocenters. The zero-order valence-electron chi connectivity index (χ0n) is 14.7. The molecule has 2 aliphatic rings. The summed E-state index contributed by atoms with van der Waals surface area (Å²) in [4.78, 5) is 38.1. The van der Waals surface area contributed by atoms with Crippen molar-refractivity contribution < 1.29 is 27.6 Å². The minimum atomic E-state index is -4.43. The lowest BCUT2D eigenvalue weighted by Crippen LogP contribution is -2.43. The molecule has 2 amide bonds. The van der Waals surface area contributed by atoms with Crippen LogP contribution in [0.25, 0.3) is 0 Å². The number of alkyl halides is 3. The van der Waals surface area contributed by atoms with Crippen LogP contribution in [0.3, 0.4) is 0 Å². The van der Waals surface area contributed by atoms with Crippen LogP contribution in [-0.4, -0.2) is 35.6 Å². The molecular formula is C19H21F3N2O3. The van der Waals surface area contributed by atoms with Gasteiger partial charge in [-0.15, -0.1) is 0 Å². The summed E-state index contributed by atoms with van der Waals surface area (Å²) < 4.78 is 37.9. The molecule has 1 saturated heterocycles. The lowest BCUT2D eigenvalue weighted by molar-refractivity contribution is -0.141. The molecule has 27 heavy (non-hydrogen) atoms. The Kier molecular flexibility index (Phi) is 5.53. The molecule has 1 N–H and O–H groups in total. The molecule has 1 saturated carbocycles. The van der Waals surface area contributed by atoms with E-state index in [0.717, 1.165) is 31.3 Å². The Morgan fingerprint density at radius 2 is 1.70 bits per heavy atom. The van der Waals surface area contributed by atoms with E-state index in [2.05, 4.69) is 5.32 Å². The third-order valence-corrected chi connectivity index (χ3v) is 5.39. The van der Waals surface area contributed by atoms with E-state index < -0.39 is 29.6 Å². The van der Waals surface area contributed by atoms with Crippen LogP contribution < -0.4 is 5.32 Å². The molecule has 1 aliphatic heterocycles. The number of carbonyl (C=O) groups excluding carboxylic acids is 3. The topological polar surface area (TPSA) is 66.5 Å². The van der Waals surface area contributed by atoms with Gasteiger partial charge in [0.1, 0.15) is 6.29 Å². The van der Waals surface area contributed by atoms with Gasteiger partial charge >= 0.3 is 6.18 Å². The summed E-state index contributed by atoms with van der Waals surface area (Å²) in [6, 6.07) is 3.80. The second kappa shape index (κ2) is 7.70. The molecule has 3 atom stereocenters. The van der Waals surface area contributed by atoms with E-state index in [1.165, 1.54) is 12.1 Å². The highest BCUT2D eigenvalue weighted by molar-refractivity contribution is 5.96. The van der Waals surface area contributed by atoms with E-state index in [9.17, 15) is 27.6 Å². The average Bonchev–Trinajstić information content (AvgIpc) is 3.30. The molecule has 0 radical (unpaired) electrons. The lowest BCUT2D eigenvalue weighted by Gasteiger charge is -2.27. The Bertz CT molecular complexity index is 718. The predicted molar refractivity (Wildman–Crippen MR) is 91.7 cm³/mol. The molecule has 0 aromatic heterocycles. The molecule has 8 heteroatoms. The van der Waals surface area contributed by atoms with Gasteiger partial charge in [0.05, 0.1) is 11.6 Å². The first kappa shape index (κ1) is 19.4. The van der Waals surface area contributed by atoms with Crippen molar-refractivity contribution in [3.8, 4) is 0 Å². The van der Waals surface area contributed by atoms with E-state index in [4.69, 9.17) is 0 Å². The van der Waals surface area contributed by atoms with Crippen molar-refractivity contribution in [1.29, 1.82) is 0 Å². The number of aldehydes is 1. The Labute approximate surface area is 154 Å². The highest BCUT2D eigenvalue weighted by Gasteiger charge is 2.42. The maximum absolute atomic E-state index is 12.8. The van der Waals surface area contributed by atoms with Crippen LogP contribution in [0.2, 0.25) is 0 Å². The number of nitrogens with zero attached hydrogens (tertiary/aromatic N) is 1. The lowest BCUT2D eigenvalue weighted by atomic mass is 9.93. The minimum Gasteiger partial charge on any atom is -0.333 e. The molecule has 1 heterocycles. The van der Waals surface area contributed by atoms with E-state index in [1.807, 2.05) is 0 Å². The fourth-order valence-electron chi connectivity index (χ4n) is 3.97. The average molecular weight is 382 g/mol. The maximum atomic E-state index is 12.8. The largest absolute Gasteiger partial charge is 0.416 e. The third kappa shape index (κ3) is 4.14. The summed E-state index contributed by atoms with van der Waals surface area (Å²) in [5, 5.41) is 2.62. The molecule has 1 aliphatic carbocycles. The van der Waals surface area contributed by atoms with Crippen molar-refractivity contribution in [3.05, 3.63) is 29.8 Å². The Balaban J connectivity index is 1.67. The number of anilines is 1. The molecule has 0 bridgehead atoms. The molecule has 3 rings (SSSR count). The summed E-state index contributed by atoms with van der Waals surface area (Å²) in [6.07, 6.45) is -0.405. The van der Waals surface area contributed by atoms with Crippen LogP contribution in [-0.2, 0) is 20.6 Å². The van der Waals surface area contributed by atoms with Crippen molar-refractivity contribution in [3.63, 3.8) is 0 Å². The van der Waals surface area contributed by atoms with Gasteiger partial charge < -0.3 is 15.0 Å². The standard InChI is InChI=1S/C19H21F3N2O3/c20-19(21,22)12-6-8-13(9-7-12)23-17(26)15-4-1-5-16(15)18(27)24-10-2-3-14(24)11-25/h6-9,11,14-16H,1-5,10H2,(H,23,26)/t14-,15?,16?/m0/s1. The maximum Gasteiger partial charge on any atom is 0.416 e. The Hall–Kier alpha value is -2.38. The smallest absolute Gasteiger partial charge is 0.333 e. The van der Waals surface area contributed by atoms with E-state index in [1.54, 1.807) is 4.90 Å². The molecule has 5 nitrogen and oxygen atoms in total. The second-order valence-electron chi connectivity index (χ2n) is 7.09. The molecule has 0 spiro atoms. The van der Waals surface area contributed by atoms with Crippen LogP contribution in [0.4, 0.5) is 18.9 Å². The molecular weight excluding hydrogens is 361 g/mol. The van der Waals surface area contributed by atoms with Crippen LogP contribution in [0.15, 0.2) is 24.3 Å². The Morgan fingerprint density at radius 3 is 2.33 bits per heavy atom. The zero-order valence-corrected chi connectivity index (χ0v) is 14.7. The molecule has 1 aromatic carbocycles. The number of halogens is 3. The van der Waals surface area contributed by atoms with Crippen molar-refractivity contribution >= 4 is 23.8 Å². The van der Waals surface area contributed by atoms with Crippen LogP contribution in [0.1, 0.15) is 37.7 Å². The summed E-state index contributed by atoms with van der Waals surface area (Å²) >= 11 is 0. The molecule has 146 valence electrons. The van der Waals surface area contributed by atoms with Crippen molar-refractivity contribution in [2.75, 3.05) is 11.9 Å². The van der Waals surface area contributed by atoms with Gasteiger partial charge in [-0.2, -0.15) is 13.2 Å². The first-order chi connectivity index (χ1) is 12.8. The van der Waals surface area contributed by atoms with Gasteiger partial charge in [-0.25, -0.2) is 0 Å². The third-order valence-electron chi connectivity index (χ3n) is 5.39. The van der Waals surface area contributed by atoms with Gasteiger partial charge in [-0.3, -0.25) is 9.59 Å². The number of benzene rings is 1. The minimum absolute atomic E-state index is 0.172. The fourth-order valence-corrected chi connectivity index (χ4v) is 3.97. The first-order valence-corrected chi connectivity index (χ1v) is 9.05.